The van der Waals surface area contributed by atoms with Crippen molar-refractivity contribution in [2.45, 2.75) is 102 Å². The van der Waals surface area contributed by atoms with Gasteiger partial charge in [-0.1, -0.05) is 41.5 Å². The first-order valence-electron chi connectivity index (χ1n) is 13.1. The normalized spacial score (nSPS) is 27.7. The van der Waals surface area contributed by atoms with Crippen molar-refractivity contribution in [1.29, 1.82) is 0 Å². The zero-order valence-corrected chi connectivity index (χ0v) is 28.2. The molecule has 14 heteroatoms. The molecular weight excluding hydrogens is 557 g/mol. The summed E-state index contributed by atoms with van der Waals surface area (Å²) < 4.78 is 52.7. The fraction of sp³-hybridized carbons (Fsp3) is 0.760. The van der Waals surface area contributed by atoms with Gasteiger partial charge in [-0.05, 0) is 42.3 Å². The molecule has 39 heavy (non-hydrogen) atoms. The third-order valence-corrected chi connectivity index (χ3v) is 18.6. The summed E-state index contributed by atoms with van der Waals surface area (Å²) in [5.74, 6) is 0.475. The molecule has 0 aliphatic carbocycles. The first kappa shape index (κ1) is 32.0. The predicted molar refractivity (Wildman–Crippen MR) is 157 cm³/mol. The van der Waals surface area contributed by atoms with E-state index in [1.54, 1.807) is 31.3 Å². The SMILES string of the molecule is CN(C)c1ccn([C@@H]2O[C@H](CO[Si](C)(C)C(C)(C)C)C3(OS(=O)(=O)C=C3N)[C@H]2O[Si](C)(C)C(C)(C)C)c(=O)n1. The second-order valence-electron chi connectivity index (χ2n) is 13.7. The van der Waals surface area contributed by atoms with Gasteiger partial charge in [-0.25, -0.2) is 8.98 Å². The van der Waals surface area contributed by atoms with E-state index in [1.807, 2.05) is 13.1 Å². The molecule has 0 radical (unpaired) electrons. The molecule has 2 N–H and O–H groups in total. The molecule has 2 aliphatic rings. The maximum Gasteiger partial charge on any atom is 0.351 e. The molecular formula is C25H46N4O7SSi2. The molecule has 1 spiro atoms. The maximum atomic E-state index is 13.3. The quantitative estimate of drug-likeness (QED) is 0.365. The van der Waals surface area contributed by atoms with Gasteiger partial charge >= 0.3 is 5.69 Å². The summed E-state index contributed by atoms with van der Waals surface area (Å²) in [5, 5.41) is 0.556. The van der Waals surface area contributed by atoms with E-state index in [1.165, 1.54) is 4.57 Å². The van der Waals surface area contributed by atoms with E-state index in [-0.39, 0.29) is 22.4 Å². The molecule has 1 aromatic rings. The van der Waals surface area contributed by atoms with Gasteiger partial charge in [0.2, 0.25) is 0 Å². The van der Waals surface area contributed by atoms with Gasteiger partial charge in [0.05, 0.1) is 17.7 Å². The van der Waals surface area contributed by atoms with E-state index in [0.717, 1.165) is 5.41 Å². The number of nitrogens with two attached hydrogens (primary N) is 1. The lowest BCUT2D eigenvalue weighted by atomic mass is 9.89. The third-order valence-electron chi connectivity index (χ3n) is 8.62. The van der Waals surface area contributed by atoms with Gasteiger partial charge in [0.15, 0.2) is 28.5 Å². The van der Waals surface area contributed by atoms with Crippen molar-refractivity contribution in [3.8, 4) is 0 Å². The Kier molecular flexibility index (Phi) is 8.25. The van der Waals surface area contributed by atoms with Gasteiger partial charge < -0.3 is 24.2 Å². The minimum atomic E-state index is -4.15. The summed E-state index contributed by atoms with van der Waals surface area (Å²) in [6.07, 6.45) is -1.53. The monoisotopic (exact) mass is 602 g/mol. The first-order chi connectivity index (χ1) is 17.5. The Morgan fingerprint density at radius 2 is 1.67 bits per heavy atom. The van der Waals surface area contributed by atoms with Crippen molar-refractivity contribution in [3.05, 3.63) is 33.9 Å². The molecule has 1 fully saturated rings. The van der Waals surface area contributed by atoms with Crippen molar-refractivity contribution in [2.75, 3.05) is 25.6 Å². The lowest BCUT2D eigenvalue weighted by molar-refractivity contribution is -0.0562. The summed E-state index contributed by atoms with van der Waals surface area (Å²) in [6.45, 7) is 20.8. The Morgan fingerprint density at radius 1 is 1.10 bits per heavy atom. The number of aromatic nitrogens is 2. The molecule has 1 unspecified atom stereocenters. The second-order valence-corrected chi connectivity index (χ2v) is 24.7. The summed E-state index contributed by atoms with van der Waals surface area (Å²) in [4.78, 5) is 19.2. The van der Waals surface area contributed by atoms with Crippen molar-refractivity contribution < 1.29 is 26.2 Å². The first-order valence-corrected chi connectivity index (χ1v) is 20.4. The third kappa shape index (κ3) is 5.92. The van der Waals surface area contributed by atoms with E-state index < -0.39 is 56.5 Å². The van der Waals surface area contributed by atoms with E-state index in [9.17, 15) is 13.2 Å². The Hall–Kier alpha value is -1.56. The Balaban J connectivity index is 2.21. The molecule has 2 aliphatic heterocycles. The summed E-state index contributed by atoms with van der Waals surface area (Å²) >= 11 is 0. The Bertz CT molecular complexity index is 1280. The van der Waals surface area contributed by atoms with Crippen LogP contribution >= 0.6 is 0 Å². The van der Waals surface area contributed by atoms with Crippen LogP contribution in [0.1, 0.15) is 47.8 Å². The van der Waals surface area contributed by atoms with Gasteiger partial charge in [-0.2, -0.15) is 13.4 Å². The number of rotatable bonds is 7. The smallest absolute Gasteiger partial charge is 0.351 e. The zero-order valence-electron chi connectivity index (χ0n) is 25.4. The summed E-state index contributed by atoms with van der Waals surface area (Å²) in [6, 6.07) is 1.69. The average molecular weight is 603 g/mol. The van der Waals surface area contributed by atoms with Gasteiger partial charge in [0, 0.05) is 20.3 Å². The molecule has 0 aromatic carbocycles. The van der Waals surface area contributed by atoms with Crippen molar-refractivity contribution >= 4 is 32.6 Å². The van der Waals surface area contributed by atoms with Crippen LogP contribution in [0.2, 0.25) is 36.3 Å². The standard InChI is InChI=1S/C25H46N4O7SSi2/c1-23(2,3)38(9,10)33-15-18-25(17(26)16-37(31,32)36-25)20(35-39(11,12)24(4,5)6)21(34-18)29-14-13-19(28(7)8)27-22(29)30/h13-14,16,18,20-21H,15,26H2,1-12H3/t18-,20+,21-,25?/m1/s1. The molecule has 222 valence electrons. The van der Waals surface area contributed by atoms with Crippen LogP contribution in [0.5, 0.6) is 0 Å². The van der Waals surface area contributed by atoms with Gasteiger partial charge in [-0.15, -0.1) is 0 Å². The largest absolute Gasteiger partial charge is 0.414 e. The van der Waals surface area contributed by atoms with E-state index in [0.29, 0.717) is 5.82 Å². The fourth-order valence-electron chi connectivity index (χ4n) is 4.06. The predicted octanol–water partition coefficient (Wildman–Crippen LogP) is 3.52. The van der Waals surface area contributed by atoms with Crippen LogP contribution in [0.3, 0.4) is 0 Å². The zero-order chi connectivity index (χ0) is 30.0. The fourth-order valence-corrected chi connectivity index (χ4v) is 7.57. The Labute approximate surface area is 235 Å². The number of nitrogens with zero attached hydrogens (tertiary/aromatic N) is 3. The highest BCUT2D eigenvalue weighted by Crippen LogP contribution is 2.52. The van der Waals surface area contributed by atoms with Crippen LogP contribution < -0.4 is 16.3 Å². The molecule has 3 heterocycles. The molecule has 0 bridgehead atoms. The van der Waals surface area contributed by atoms with E-state index in [4.69, 9.17) is 23.5 Å². The van der Waals surface area contributed by atoms with Crippen LogP contribution in [0.25, 0.3) is 0 Å². The molecule has 0 saturated carbocycles. The maximum absolute atomic E-state index is 13.3. The van der Waals surface area contributed by atoms with E-state index >= 15 is 0 Å². The van der Waals surface area contributed by atoms with Gasteiger partial charge in [0.25, 0.3) is 10.1 Å². The number of hydrogen-bond donors (Lipinski definition) is 1. The molecule has 3 rings (SSSR count). The average Bonchev–Trinajstić information content (AvgIpc) is 3.17. The van der Waals surface area contributed by atoms with Gasteiger partial charge in [0.1, 0.15) is 18.0 Å². The van der Waals surface area contributed by atoms with Crippen LogP contribution in [0.4, 0.5) is 5.82 Å². The molecule has 0 amide bonds. The second kappa shape index (κ2) is 10.1. The lowest BCUT2D eigenvalue weighted by Gasteiger charge is -2.43. The van der Waals surface area contributed by atoms with Crippen LogP contribution in [0, 0.1) is 0 Å². The highest BCUT2D eigenvalue weighted by Gasteiger charge is 2.67. The Morgan fingerprint density at radius 3 is 2.10 bits per heavy atom. The minimum Gasteiger partial charge on any atom is -0.414 e. The summed E-state index contributed by atoms with van der Waals surface area (Å²) in [7, 11) is -5.46. The minimum absolute atomic E-state index is 0.00632. The molecule has 1 aromatic heterocycles. The molecule has 1 saturated heterocycles. The number of anilines is 1. The van der Waals surface area contributed by atoms with Crippen molar-refractivity contribution in [3.63, 3.8) is 0 Å². The van der Waals surface area contributed by atoms with Crippen LogP contribution in [-0.4, -0.2) is 73.1 Å². The number of hydrogen-bond acceptors (Lipinski definition) is 10. The van der Waals surface area contributed by atoms with Crippen molar-refractivity contribution in [2.24, 2.45) is 5.73 Å². The summed E-state index contributed by atoms with van der Waals surface area (Å²) in [5.41, 5.74) is 4.16. The topological polar surface area (TPSA) is 135 Å². The lowest BCUT2D eigenvalue weighted by Crippen LogP contribution is -2.59. The van der Waals surface area contributed by atoms with E-state index in [2.05, 4.69) is 59.6 Å². The molecule has 4 atom stereocenters. The van der Waals surface area contributed by atoms with Crippen LogP contribution in [-0.2, 0) is 27.9 Å². The highest BCUT2D eigenvalue weighted by atomic mass is 32.2. The number of ether oxygens (including phenoxy) is 1. The highest BCUT2D eigenvalue weighted by molar-refractivity contribution is 7.90. The van der Waals surface area contributed by atoms with Gasteiger partial charge in [-0.3, -0.25) is 4.57 Å². The van der Waals surface area contributed by atoms with Crippen LogP contribution in [0.15, 0.2) is 28.2 Å². The van der Waals surface area contributed by atoms with Crippen molar-refractivity contribution in [1.82, 2.24) is 9.55 Å². The molecule has 11 nitrogen and oxygen atoms in total.